The van der Waals surface area contributed by atoms with E-state index >= 15 is 0 Å². The standard InChI is InChI=1S/C38H24N4/c1-2-8-28(9-3-1)41-33-12-6-4-10-29(33)31-17-14-26-15-18-32-30-11-5-7-13-34(30)42(38(32)36(26)37(31)41)35-19-16-27(24-40-35)25-20-22-39-23-21-25/h1-24H. The number of aromatic nitrogens is 4. The summed E-state index contributed by atoms with van der Waals surface area (Å²) in [6.07, 6.45) is 5.60. The van der Waals surface area contributed by atoms with Crippen molar-refractivity contribution in [2.75, 3.05) is 0 Å². The maximum atomic E-state index is 5.04. The Morgan fingerprint density at radius 1 is 0.452 bits per heavy atom. The quantitative estimate of drug-likeness (QED) is 0.225. The van der Waals surface area contributed by atoms with Crippen LogP contribution in [0, 0.1) is 0 Å². The van der Waals surface area contributed by atoms with Gasteiger partial charge in [-0.3, -0.25) is 9.55 Å². The van der Waals surface area contributed by atoms with Crippen molar-refractivity contribution in [3.05, 3.63) is 146 Å². The topological polar surface area (TPSA) is 35.6 Å². The summed E-state index contributed by atoms with van der Waals surface area (Å²) >= 11 is 0. The lowest BCUT2D eigenvalue weighted by Crippen LogP contribution is -1.99. The Morgan fingerprint density at radius 2 is 1.07 bits per heavy atom. The summed E-state index contributed by atoms with van der Waals surface area (Å²) in [5.74, 6) is 0.894. The van der Waals surface area contributed by atoms with Crippen molar-refractivity contribution in [2.24, 2.45) is 0 Å². The maximum Gasteiger partial charge on any atom is 0.137 e. The molecule has 4 heterocycles. The Kier molecular flexibility index (Phi) is 4.87. The average molecular weight is 537 g/mol. The van der Waals surface area contributed by atoms with Gasteiger partial charge in [-0.1, -0.05) is 78.9 Å². The molecule has 196 valence electrons. The van der Waals surface area contributed by atoms with Crippen molar-refractivity contribution >= 4 is 54.4 Å². The lowest BCUT2D eigenvalue weighted by molar-refractivity contribution is 1.08. The molecule has 0 radical (unpaired) electrons. The SMILES string of the molecule is c1ccc(-n2c3ccccc3c3ccc4ccc5c6ccccc6n(-c6ccc(-c7ccncc7)cn6)c5c4c32)cc1. The van der Waals surface area contributed by atoms with Gasteiger partial charge in [-0.15, -0.1) is 0 Å². The first-order chi connectivity index (χ1) is 20.9. The fraction of sp³-hybridized carbons (Fsp3) is 0. The van der Waals surface area contributed by atoms with Crippen molar-refractivity contribution in [2.45, 2.75) is 0 Å². The highest BCUT2D eigenvalue weighted by molar-refractivity contribution is 6.28. The molecule has 42 heavy (non-hydrogen) atoms. The van der Waals surface area contributed by atoms with E-state index in [1.807, 2.05) is 30.7 Å². The Labute approximate surface area is 241 Å². The van der Waals surface area contributed by atoms with E-state index in [4.69, 9.17) is 4.98 Å². The number of rotatable bonds is 3. The molecule has 0 aliphatic rings. The van der Waals surface area contributed by atoms with E-state index in [9.17, 15) is 0 Å². The fourth-order valence-electron chi connectivity index (χ4n) is 6.63. The Morgan fingerprint density at radius 3 is 1.74 bits per heavy atom. The predicted octanol–water partition coefficient (Wildman–Crippen LogP) is 9.49. The number of benzene rings is 5. The molecule has 0 bridgehead atoms. The number of para-hydroxylation sites is 3. The van der Waals surface area contributed by atoms with Gasteiger partial charge in [0.25, 0.3) is 0 Å². The molecule has 0 saturated heterocycles. The van der Waals surface area contributed by atoms with Crippen molar-refractivity contribution in [1.29, 1.82) is 0 Å². The first-order valence-corrected chi connectivity index (χ1v) is 14.2. The molecule has 4 aromatic heterocycles. The van der Waals surface area contributed by atoms with Crippen LogP contribution in [0.25, 0.3) is 77.0 Å². The largest absolute Gasteiger partial charge is 0.309 e. The molecule has 0 amide bonds. The number of pyridine rings is 2. The summed E-state index contributed by atoms with van der Waals surface area (Å²) < 4.78 is 4.77. The third-order valence-corrected chi connectivity index (χ3v) is 8.45. The van der Waals surface area contributed by atoms with Crippen LogP contribution >= 0.6 is 0 Å². The molecule has 0 atom stereocenters. The van der Waals surface area contributed by atoms with Gasteiger partial charge >= 0.3 is 0 Å². The number of nitrogens with zero attached hydrogens (tertiary/aromatic N) is 4. The van der Waals surface area contributed by atoms with Gasteiger partial charge in [-0.25, -0.2) is 4.98 Å². The summed E-state index contributed by atoms with van der Waals surface area (Å²) in [4.78, 5) is 9.21. The van der Waals surface area contributed by atoms with E-state index < -0.39 is 0 Å². The number of fused-ring (bicyclic) bond motifs is 9. The van der Waals surface area contributed by atoms with Crippen LogP contribution < -0.4 is 0 Å². The van der Waals surface area contributed by atoms with Crippen LogP contribution in [0.3, 0.4) is 0 Å². The first kappa shape index (κ1) is 23.0. The Bertz CT molecular complexity index is 2430. The molecule has 9 rings (SSSR count). The molecule has 0 unspecified atom stereocenters. The summed E-state index contributed by atoms with van der Waals surface area (Å²) in [6, 6.07) is 45.5. The second kappa shape index (κ2) is 8.88. The van der Waals surface area contributed by atoms with Crippen molar-refractivity contribution in [3.8, 4) is 22.6 Å². The first-order valence-electron chi connectivity index (χ1n) is 14.2. The second-order valence-electron chi connectivity index (χ2n) is 10.7. The van der Waals surface area contributed by atoms with Crippen molar-refractivity contribution in [3.63, 3.8) is 0 Å². The molecule has 0 fully saturated rings. The molecule has 4 nitrogen and oxygen atoms in total. The number of hydrogen-bond donors (Lipinski definition) is 0. The normalized spacial score (nSPS) is 11.8. The molecule has 4 heteroatoms. The van der Waals surface area contributed by atoms with E-state index in [1.54, 1.807) is 0 Å². The van der Waals surface area contributed by atoms with Gasteiger partial charge in [0.15, 0.2) is 0 Å². The summed E-state index contributed by atoms with van der Waals surface area (Å²) in [6.45, 7) is 0. The van der Waals surface area contributed by atoms with Gasteiger partial charge in [0, 0.05) is 56.8 Å². The molecular formula is C38H24N4. The lowest BCUT2D eigenvalue weighted by Gasteiger charge is -2.13. The Hall–Kier alpha value is -5.74. The van der Waals surface area contributed by atoms with E-state index in [0.29, 0.717) is 0 Å². The van der Waals surface area contributed by atoms with Gasteiger partial charge in [-0.2, -0.15) is 0 Å². The molecule has 0 aliphatic carbocycles. The maximum absolute atomic E-state index is 5.04. The molecule has 5 aromatic carbocycles. The van der Waals surface area contributed by atoms with Crippen LogP contribution in [0.15, 0.2) is 146 Å². The van der Waals surface area contributed by atoms with Crippen LogP contribution in [0.5, 0.6) is 0 Å². The van der Waals surface area contributed by atoms with Gasteiger partial charge in [0.1, 0.15) is 5.82 Å². The van der Waals surface area contributed by atoms with Gasteiger partial charge in [0.05, 0.1) is 22.1 Å². The smallest absolute Gasteiger partial charge is 0.137 e. The van der Waals surface area contributed by atoms with E-state index in [1.165, 1.54) is 48.9 Å². The number of hydrogen-bond acceptors (Lipinski definition) is 2. The molecule has 9 aromatic rings. The van der Waals surface area contributed by atoms with Crippen LogP contribution in [-0.2, 0) is 0 Å². The second-order valence-corrected chi connectivity index (χ2v) is 10.7. The van der Waals surface area contributed by atoms with Gasteiger partial charge < -0.3 is 4.57 Å². The minimum atomic E-state index is 0.894. The van der Waals surface area contributed by atoms with Crippen molar-refractivity contribution in [1.82, 2.24) is 19.1 Å². The zero-order chi connectivity index (χ0) is 27.6. The zero-order valence-corrected chi connectivity index (χ0v) is 22.6. The third-order valence-electron chi connectivity index (χ3n) is 8.45. The highest BCUT2D eigenvalue weighted by atomic mass is 15.1. The summed E-state index contributed by atoms with van der Waals surface area (Å²) in [7, 11) is 0. The van der Waals surface area contributed by atoms with Gasteiger partial charge in [0.2, 0.25) is 0 Å². The zero-order valence-electron chi connectivity index (χ0n) is 22.6. The minimum Gasteiger partial charge on any atom is -0.309 e. The third kappa shape index (κ3) is 3.23. The molecule has 0 saturated carbocycles. The summed E-state index contributed by atoms with van der Waals surface area (Å²) in [5, 5.41) is 7.35. The molecular weight excluding hydrogens is 512 g/mol. The summed E-state index contributed by atoms with van der Waals surface area (Å²) in [5.41, 5.74) is 8.04. The highest BCUT2D eigenvalue weighted by Crippen LogP contribution is 2.42. The van der Waals surface area contributed by atoms with Crippen molar-refractivity contribution < 1.29 is 0 Å². The Balaban J connectivity index is 1.46. The minimum absolute atomic E-state index is 0.894. The average Bonchev–Trinajstić information content (AvgIpc) is 3.59. The van der Waals surface area contributed by atoms with E-state index in [-0.39, 0.29) is 0 Å². The lowest BCUT2D eigenvalue weighted by atomic mass is 10.0. The monoisotopic (exact) mass is 536 g/mol. The highest BCUT2D eigenvalue weighted by Gasteiger charge is 2.21. The van der Waals surface area contributed by atoms with E-state index in [0.717, 1.165) is 28.1 Å². The van der Waals surface area contributed by atoms with Crippen LogP contribution in [0.2, 0.25) is 0 Å². The van der Waals surface area contributed by atoms with Crippen LogP contribution in [-0.4, -0.2) is 19.1 Å². The van der Waals surface area contributed by atoms with E-state index in [2.05, 4.69) is 129 Å². The van der Waals surface area contributed by atoms with Crippen LogP contribution in [0.1, 0.15) is 0 Å². The fourth-order valence-corrected chi connectivity index (χ4v) is 6.63. The molecule has 0 spiro atoms. The predicted molar refractivity (Wildman–Crippen MR) is 174 cm³/mol. The molecule has 0 aliphatic heterocycles. The van der Waals surface area contributed by atoms with Gasteiger partial charge in [-0.05, 0) is 59.5 Å². The molecule has 0 N–H and O–H groups in total. The van der Waals surface area contributed by atoms with Crippen LogP contribution in [0.4, 0.5) is 0 Å².